The number of amides is 1. The van der Waals surface area contributed by atoms with E-state index in [9.17, 15) is 9.18 Å². The number of nitrogens with one attached hydrogen (secondary N) is 1. The van der Waals surface area contributed by atoms with Crippen LogP contribution in [0.4, 0.5) is 10.1 Å². The van der Waals surface area contributed by atoms with Crippen LogP contribution < -0.4 is 5.32 Å². The topological polar surface area (TPSA) is 42.0 Å². The van der Waals surface area contributed by atoms with Gasteiger partial charge >= 0.3 is 0 Å². The van der Waals surface area contributed by atoms with Crippen molar-refractivity contribution in [2.24, 2.45) is 0 Å². The quantitative estimate of drug-likeness (QED) is 0.723. The van der Waals surface area contributed by atoms with Crippen LogP contribution in [0.3, 0.4) is 0 Å². The summed E-state index contributed by atoms with van der Waals surface area (Å²) in [6, 6.07) is 14.1. The van der Waals surface area contributed by atoms with E-state index in [-0.39, 0.29) is 18.1 Å². The molecule has 1 heterocycles. The number of benzene rings is 2. The first kappa shape index (κ1) is 16.3. The number of halogens is 1. The SMILES string of the molecule is Cc1nc(-c2cccc(NC(=O)CCc3ccccc3F)c2)cs1. The average molecular weight is 340 g/mol. The number of carbonyl (C=O) groups excluding carboxylic acids is 1. The molecule has 0 radical (unpaired) electrons. The molecular formula is C19H17FN2OS. The van der Waals surface area contributed by atoms with Crippen LogP contribution >= 0.6 is 11.3 Å². The van der Waals surface area contributed by atoms with Gasteiger partial charge in [0.15, 0.2) is 0 Å². The summed E-state index contributed by atoms with van der Waals surface area (Å²) in [5, 5.41) is 5.86. The summed E-state index contributed by atoms with van der Waals surface area (Å²) in [5.41, 5.74) is 3.14. The molecule has 0 saturated heterocycles. The highest BCUT2D eigenvalue weighted by Crippen LogP contribution is 2.24. The van der Waals surface area contributed by atoms with Crippen molar-refractivity contribution in [1.82, 2.24) is 4.98 Å². The van der Waals surface area contributed by atoms with Crippen LogP contribution in [0.2, 0.25) is 0 Å². The molecule has 122 valence electrons. The van der Waals surface area contributed by atoms with Crippen molar-refractivity contribution in [1.29, 1.82) is 0 Å². The first-order valence-corrected chi connectivity index (χ1v) is 8.55. The fourth-order valence-corrected chi connectivity index (χ4v) is 3.05. The third-order valence-corrected chi connectivity index (χ3v) is 4.41. The molecule has 24 heavy (non-hydrogen) atoms. The number of aromatic nitrogens is 1. The minimum Gasteiger partial charge on any atom is -0.326 e. The summed E-state index contributed by atoms with van der Waals surface area (Å²) in [4.78, 5) is 16.6. The van der Waals surface area contributed by atoms with Gasteiger partial charge in [-0.25, -0.2) is 9.37 Å². The second-order valence-corrected chi connectivity index (χ2v) is 6.53. The van der Waals surface area contributed by atoms with Gasteiger partial charge in [0.25, 0.3) is 0 Å². The highest BCUT2D eigenvalue weighted by Gasteiger charge is 2.08. The fraction of sp³-hybridized carbons (Fsp3) is 0.158. The van der Waals surface area contributed by atoms with Gasteiger partial charge in [0.05, 0.1) is 10.7 Å². The summed E-state index contributed by atoms with van der Waals surface area (Å²) in [6.45, 7) is 1.96. The van der Waals surface area contributed by atoms with Crippen molar-refractivity contribution in [3.8, 4) is 11.3 Å². The molecule has 3 nitrogen and oxygen atoms in total. The molecule has 5 heteroatoms. The van der Waals surface area contributed by atoms with Crippen LogP contribution in [0.25, 0.3) is 11.3 Å². The largest absolute Gasteiger partial charge is 0.326 e. The van der Waals surface area contributed by atoms with E-state index in [0.29, 0.717) is 12.0 Å². The van der Waals surface area contributed by atoms with Gasteiger partial charge in [0, 0.05) is 23.1 Å². The van der Waals surface area contributed by atoms with E-state index < -0.39 is 0 Å². The van der Waals surface area contributed by atoms with Gasteiger partial charge in [-0.1, -0.05) is 30.3 Å². The third kappa shape index (κ3) is 4.06. The Morgan fingerprint density at radius 2 is 2.04 bits per heavy atom. The number of carbonyl (C=O) groups is 1. The van der Waals surface area contributed by atoms with Gasteiger partial charge in [-0.2, -0.15) is 0 Å². The highest BCUT2D eigenvalue weighted by molar-refractivity contribution is 7.09. The average Bonchev–Trinajstić information content (AvgIpc) is 3.01. The van der Waals surface area contributed by atoms with Crippen molar-refractivity contribution in [2.75, 3.05) is 5.32 Å². The predicted octanol–water partition coefficient (Wildman–Crippen LogP) is 4.83. The summed E-state index contributed by atoms with van der Waals surface area (Å²) >= 11 is 1.59. The van der Waals surface area contributed by atoms with E-state index in [1.807, 2.05) is 36.6 Å². The summed E-state index contributed by atoms with van der Waals surface area (Å²) in [6.07, 6.45) is 0.616. The number of anilines is 1. The van der Waals surface area contributed by atoms with Crippen molar-refractivity contribution >= 4 is 22.9 Å². The molecule has 0 aliphatic heterocycles. The molecule has 0 atom stereocenters. The Morgan fingerprint density at radius 1 is 1.21 bits per heavy atom. The van der Waals surface area contributed by atoms with E-state index >= 15 is 0 Å². The molecule has 0 aliphatic carbocycles. The van der Waals surface area contributed by atoms with E-state index in [1.54, 1.807) is 29.5 Å². The zero-order valence-electron chi connectivity index (χ0n) is 13.3. The maximum atomic E-state index is 13.6. The fourth-order valence-electron chi connectivity index (χ4n) is 2.43. The number of rotatable bonds is 5. The van der Waals surface area contributed by atoms with Crippen molar-refractivity contribution < 1.29 is 9.18 Å². The van der Waals surface area contributed by atoms with Gasteiger partial charge in [-0.05, 0) is 37.1 Å². The lowest BCUT2D eigenvalue weighted by Gasteiger charge is -2.07. The van der Waals surface area contributed by atoms with E-state index in [1.165, 1.54) is 6.07 Å². The lowest BCUT2D eigenvalue weighted by atomic mass is 10.1. The maximum absolute atomic E-state index is 13.6. The van der Waals surface area contributed by atoms with E-state index in [4.69, 9.17) is 0 Å². The molecule has 0 fully saturated rings. The molecule has 3 rings (SSSR count). The first-order valence-electron chi connectivity index (χ1n) is 7.67. The number of hydrogen-bond donors (Lipinski definition) is 1. The van der Waals surface area contributed by atoms with E-state index in [0.717, 1.165) is 22.0 Å². The monoisotopic (exact) mass is 340 g/mol. The molecule has 1 aromatic heterocycles. The summed E-state index contributed by atoms with van der Waals surface area (Å²) < 4.78 is 13.6. The van der Waals surface area contributed by atoms with Crippen LogP contribution in [-0.4, -0.2) is 10.9 Å². The van der Waals surface area contributed by atoms with Crippen LogP contribution in [-0.2, 0) is 11.2 Å². The van der Waals surface area contributed by atoms with Gasteiger partial charge in [-0.3, -0.25) is 4.79 Å². The van der Waals surface area contributed by atoms with Crippen LogP contribution in [0, 0.1) is 12.7 Å². The standard InChI is InChI=1S/C19H17FN2OS/c1-13-21-18(12-24-13)15-6-4-7-16(11-15)22-19(23)10-9-14-5-2-3-8-17(14)20/h2-8,11-12H,9-10H2,1H3,(H,22,23). The molecule has 0 bridgehead atoms. The van der Waals surface area contributed by atoms with Gasteiger partial charge in [0.1, 0.15) is 5.82 Å². The second-order valence-electron chi connectivity index (χ2n) is 5.47. The predicted molar refractivity (Wildman–Crippen MR) is 95.6 cm³/mol. The minimum absolute atomic E-state index is 0.134. The first-order chi connectivity index (χ1) is 11.6. The molecule has 1 N–H and O–H groups in total. The van der Waals surface area contributed by atoms with E-state index in [2.05, 4.69) is 10.3 Å². The lowest BCUT2D eigenvalue weighted by molar-refractivity contribution is -0.116. The molecule has 2 aromatic carbocycles. The Morgan fingerprint density at radius 3 is 2.79 bits per heavy atom. The number of thiazole rings is 1. The van der Waals surface area contributed by atoms with Crippen molar-refractivity contribution in [3.05, 3.63) is 70.3 Å². The third-order valence-electron chi connectivity index (χ3n) is 3.64. The smallest absolute Gasteiger partial charge is 0.224 e. The summed E-state index contributed by atoms with van der Waals surface area (Å²) in [5.74, 6) is -0.406. The zero-order chi connectivity index (χ0) is 16.9. The van der Waals surface area contributed by atoms with Crippen LogP contribution in [0.5, 0.6) is 0 Å². The maximum Gasteiger partial charge on any atom is 0.224 e. The Labute approximate surface area is 144 Å². The van der Waals surface area contributed by atoms with Crippen molar-refractivity contribution in [2.45, 2.75) is 19.8 Å². The summed E-state index contributed by atoms with van der Waals surface area (Å²) in [7, 11) is 0. The van der Waals surface area contributed by atoms with Gasteiger partial charge in [0.2, 0.25) is 5.91 Å². The molecule has 0 unspecified atom stereocenters. The highest BCUT2D eigenvalue weighted by atomic mass is 32.1. The molecule has 1 amide bonds. The molecule has 3 aromatic rings. The van der Waals surface area contributed by atoms with Gasteiger partial charge in [-0.15, -0.1) is 11.3 Å². The van der Waals surface area contributed by atoms with Crippen LogP contribution in [0.15, 0.2) is 53.9 Å². The Bertz CT molecular complexity index is 860. The number of nitrogens with zero attached hydrogens (tertiary/aromatic N) is 1. The minimum atomic E-state index is -0.272. The zero-order valence-corrected chi connectivity index (χ0v) is 14.1. The van der Waals surface area contributed by atoms with Crippen LogP contribution in [0.1, 0.15) is 17.0 Å². The number of hydrogen-bond acceptors (Lipinski definition) is 3. The number of aryl methyl sites for hydroxylation is 2. The molecule has 0 saturated carbocycles. The Kier molecular flexibility index (Phi) is 5.01. The Balaban J connectivity index is 1.63. The van der Waals surface area contributed by atoms with Gasteiger partial charge < -0.3 is 5.32 Å². The molecule has 0 spiro atoms. The Hall–Kier alpha value is -2.53. The van der Waals surface area contributed by atoms with Crippen molar-refractivity contribution in [3.63, 3.8) is 0 Å². The molecule has 0 aliphatic rings. The molecular weight excluding hydrogens is 323 g/mol. The lowest BCUT2D eigenvalue weighted by Crippen LogP contribution is -2.12. The normalized spacial score (nSPS) is 10.6. The second kappa shape index (κ2) is 7.36.